The molecule has 0 radical (unpaired) electrons. The molecule has 1 amide bonds. The maximum atomic E-state index is 13.8. The number of carboxylic acids is 1. The smallest absolute Gasteiger partial charge is 0.307 e. The number of aromatic nitrogens is 1. The van der Waals surface area contributed by atoms with Gasteiger partial charge in [0.1, 0.15) is 11.5 Å². The molecule has 122 valence electrons. The van der Waals surface area contributed by atoms with E-state index in [-0.39, 0.29) is 22.4 Å². The first-order valence-electron chi connectivity index (χ1n) is 6.94. The molecular weight excluding hydrogens is 319 g/mol. The van der Waals surface area contributed by atoms with Crippen molar-refractivity contribution in [2.24, 2.45) is 0 Å². The normalized spacial score (nSPS) is 11.3. The summed E-state index contributed by atoms with van der Waals surface area (Å²) in [6.07, 6.45) is -0.402. The molecule has 7 heteroatoms. The average molecular weight is 336 g/mol. The van der Waals surface area contributed by atoms with Crippen LogP contribution in [0, 0.1) is 5.82 Å². The molecule has 0 unspecified atom stereocenters. The highest BCUT2D eigenvalue weighted by Gasteiger charge is 2.20. The maximum absolute atomic E-state index is 13.8. The van der Waals surface area contributed by atoms with Crippen LogP contribution >= 0.6 is 11.3 Å². The van der Waals surface area contributed by atoms with Crippen LogP contribution in [0.4, 0.5) is 10.1 Å². The van der Waals surface area contributed by atoms with Crippen LogP contribution < -0.4 is 5.32 Å². The minimum absolute atomic E-state index is 0.0687. The van der Waals surface area contributed by atoms with Gasteiger partial charge < -0.3 is 10.4 Å². The zero-order valence-electron chi connectivity index (χ0n) is 13.0. The third-order valence-corrected chi connectivity index (χ3v) is 4.30. The van der Waals surface area contributed by atoms with Gasteiger partial charge in [-0.2, -0.15) is 0 Å². The summed E-state index contributed by atoms with van der Waals surface area (Å²) in [6, 6.07) is 3.92. The fraction of sp³-hybridized carbons (Fsp3) is 0.312. The number of rotatable bonds is 4. The number of aliphatic carboxylic acids is 1. The minimum Gasteiger partial charge on any atom is -0.481 e. The Morgan fingerprint density at radius 1 is 1.35 bits per heavy atom. The van der Waals surface area contributed by atoms with Crippen LogP contribution in [0.15, 0.2) is 23.6 Å². The molecule has 0 aliphatic carbocycles. The molecule has 1 heterocycles. The van der Waals surface area contributed by atoms with Gasteiger partial charge in [0.2, 0.25) is 0 Å². The van der Waals surface area contributed by atoms with Crippen LogP contribution in [0.5, 0.6) is 0 Å². The lowest BCUT2D eigenvalue weighted by Gasteiger charge is -2.13. The average Bonchev–Trinajstić information content (AvgIpc) is 2.91. The quantitative estimate of drug-likeness (QED) is 0.896. The van der Waals surface area contributed by atoms with Crippen molar-refractivity contribution in [2.45, 2.75) is 32.6 Å². The van der Waals surface area contributed by atoms with E-state index in [0.29, 0.717) is 0 Å². The Morgan fingerprint density at radius 2 is 2.04 bits per heavy atom. The molecule has 1 aromatic carbocycles. The van der Waals surface area contributed by atoms with E-state index in [0.717, 1.165) is 11.1 Å². The van der Waals surface area contributed by atoms with Crippen LogP contribution in [-0.2, 0) is 16.6 Å². The minimum atomic E-state index is -1.11. The van der Waals surface area contributed by atoms with Gasteiger partial charge in [0.05, 0.1) is 11.4 Å². The molecule has 0 aliphatic rings. The van der Waals surface area contributed by atoms with Crippen LogP contribution in [0.3, 0.4) is 0 Å². The Balaban J connectivity index is 2.13. The Hall–Kier alpha value is -2.28. The summed E-state index contributed by atoms with van der Waals surface area (Å²) in [5.41, 5.74) is 0.453. The molecule has 0 bridgehead atoms. The number of carbonyl (C=O) groups is 2. The first kappa shape index (κ1) is 17.1. The number of halogens is 1. The lowest BCUT2D eigenvalue weighted by atomic mass is 9.98. The number of hydrogen-bond acceptors (Lipinski definition) is 4. The molecule has 0 saturated carbocycles. The number of amides is 1. The second-order valence-electron chi connectivity index (χ2n) is 6.12. The number of nitrogens with one attached hydrogen (secondary N) is 1. The van der Waals surface area contributed by atoms with E-state index >= 15 is 0 Å². The number of thiazole rings is 1. The van der Waals surface area contributed by atoms with Gasteiger partial charge in [-0.3, -0.25) is 9.59 Å². The van der Waals surface area contributed by atoms with Gasteiger partial charge in [-0.25, -0.2) is 9.37 Å². The van der Waals surface area contributed by atoms with Crippen molar-refractivity contribution in [3.63, 3.8) is 0 Å². The molecule has 0 aliphatic heterocycles. The predicted octanol–water partition coefficient (Wildman–Crippen LogP) is 3.46. The van der Waals surface area contributed by atoms with Gasteiger partial charge in [0, 0.05) is 16.5 Å². The van der Waals surface area contributed by atoms with E-state index in [1.807, 2.05) is 20.8 Å². The van der Waals surface area contributed by atoms with E-state index in [1.165, 1.54) is 23.5 Å². The van der Waals surface area contributed by atoms with Gasteiger partial charge in [-0.1, -0.05) is 26.8 Å². The summed E-state index contributed by atoms with van der Waals surface area (Å²) in [5.74, 6) is -2.21. The first-order valence-corrected chi connectivity index (χ1v) is 7.82. The van der Waals surface area contributed by atoms with Crippen LogP contribution in [-0.4, -0.2) is 22.0 Å². The number of anilines is 1. The number of nitrogens with zero attached hydrogens (tertiary/aromatic N) is 1. The highest BCUT2D eigenvalue weighted by atomic mass is 32.1. The van der Waals surface area contributed by atoms with Crippen molar-refractivity contribution < 1.29 is 19.1 Å². The zero-order chi connectivity index (χ0) is 17.2. The number of carboxylic acid groups (broad SMARTS) is 1. The first-order chi connectivity index (χ1) is 10.7. The maximum Gasteiger partial charge on any atom is 0.307 e. The summed E-state index contributed by atoms with van der Waals surface area (Å²) in [5, 5.41) is 13.7. The van der Waals surface area contributed by atoms with E-state index in [9.17, 15) is 14.0 Å². The second kappa shape index (κ2) is 6.45. The third kappa shape index (κ3) is 4.35. The van der Waals surface area contributed by atoms with Gasteiger partial charge >= 0.3 is 5.97 Å². The highest BCUT2D eigenvalue weighted by molar-refractivity contribution is 7.10. The van der Waals surface area contributed by atoms with Gasteiger partial charge in [0.15, 0.2) is 0 Å². The Labute approximate surface area is 137 Å². The van der Waals surface area contributed by atoms with Gasteiger partial charge in [0.25, 0.3) is 5.91 Å². The Kier molecular flexibility index (Phi) is 4.79. The van der Waals surface area contributed by atoms with Gasteiger partial charge in [-0.15, -0.1) is 11.3 Å². The SMILES string of the molecule is CC(C)(C)c1nc(C(=O)Nc2ccc(CC(=O)O)c(F)c2)cs1. The molecule has 0 spiro atoms. The molecule has 0 saturated heterocycles. The molecule has 23 heavy (non-hydrogen) atoms. The monoisotopic (exact) mass is 336 g/mol. The molecule has 0 fully saturated rings. The summed E-state index contributed by atoms with van der Waals surface area (Å²) in [7, 11) is 0. The van der Waals surface area contributed by atoms with Crippen LogP contribution in [0.1, 0.15) is 41.8 Å². The van der Waals surface area contributed by atoms with Crippen molar-refractivity contribution in [1.29, 1.82) is 0 Å². The largest absolute Gasteiger partial charge is 0.481 e. The lowest BCUT2D eigenvalue weighted by Crippen LogP contribution is -2.15. The summed E-state index contributed by atoms with van der Waals surface area (Å²) >= 11 is 1.40. The molecule has 2 rings (SSSR count). The Bertz CT molecular complexity index is 750. The van der Waals surface area contributed by atoms with E-state index in [4.69, 9.17) is 5.11 Å². The molecule has 2 N–H and O–H groups in total. The topological polar surface area (TPSA) is 79.3 Å². The van der Waals surface area contributed by atoms with E-state index in [2.05, 4.69) is 10.3 Å². The molecular formula is C16H17FN2O3S. The molecule has 5 nitrogen and oxygen atoms in total. The Morgan fingerprint density at radius 3 is 2.57 bits per heavy atom. The molecule has 1 aromatic heterocycles. The van der Waals surface area contributed by atoms with Crippen LogP contribution in [0.25, 0.3) is 0 Å². The van der Waals surface area contributed by atoms with Crippen molar-refractivity contribution in [1.82, 2.24) is 4.98 Å². The van der Waals surface area contributed by atoms with Crippen molar-refractivity contribution in [3.8, 4) is 0 Å². The number of carbonyl (C=O) groups excluding carboxylic acids is 1. The number of hydrogen-bond donors (Lipinski definition) is 2. The van der Waals surface area contributed by atoms with Gasteiger partial charge in [-0.05, 0) is 17.7 Å². The summed E-state index contributed by atoms with van der Waals surface area (Å²) in [6.45, 7) is 6.01. The van der Waals surface area contributed by atoms with Crippen LogP contribution in [0.2, 0.25) is 0 Å². The fourth-order valence-corrected chi connectivity index (χ4v) is 2.74. The van der Waals surface area contributed by atoms with Crippen molar-refractivity contribution in [3.05, 3.63) is 45.7 Å². The standard InChI is InChI=1S/C16H17FN2O3S/c1-16(2,3)15-19-12(8-23-15)14(22)18-10-5-4-9(6-13(20)21)11(17)7-10/h4-5,7-8H,6H2,1-3H3,(H,18,22)(H,20,21). The third-order valence-electron chi connectivity index (χ3n) is 3.03. The van der Waals surface area contributed by atoms with Crippen molar-refractivity contribution >= 4 is 28.9 Å². The predicted molar refractivity (Wildman–Crippen MR) is 86.5 cm³/mol. The second-order valence-corrected chi connectivity index (χ2v) is 6.98. The van der Waals surface area contributed by atoms with Crippen molar-refractivity contribution in [2.75, 3.05) is 5.32 Å². The molecule has 2 aromatic rings. The molecule has 0 atom stereocenters. The highest BCUT2D eigenvalue weighted by Crippen LogP contribution is 2.26. The summed E-state index contributed by atoms with van der Waals surface area (Å²) in [4.78, 5) is 27.0. The number of benzene rings is 1. The summed E-state index contributed by atoms with van der Waals surface area (Å²) < 4.78 is 13.8. The van der Waals surface area contributed by atoms with E-state index < -0.39 is 24.1 Å². The zero-order valence-corrected chi connectivity index (χ0v) is 13.8. The lowest BCUT2D eigenvalue weighted by molar-refractivity contribution is -0.136. The van der Waals surface area contributed by atoms with E-state index in [1.54, 1.807) is 5.38 Å². The fourth-order valence-electron chi connectivity index (χ4n) is 1.85.